The van der Waals surface area contributed by atoms with Gasteiger partial charge in [0.15, 0.2) is 5.82 Å². The maximum Gasteiger partial charge on any atom is 0.243 e. The first-order valence-corrected chi connectivity index (χ1v) is 13.0. The largest absolute Gasteiger partial charge is 0.480 e. The molecular weight excluding hydrogens is 482 g/mol. The van der Waals surface area contributed by atoms with Crippen molar-refractivity contribution < 1.29 is 17.9 Å². The number of ether oxygens (including phenoxy) is 2. The Labute approximate surface area is 210 Å². The zero-order valence-electron chi connectivity index (χ0n) is 20.8. The number of anilines is 1. The molecule has 11 nitrogen and oxygen atoms in total. The van der Waals surface area contributed by atoms with Crippen LogP contribution in [0.4, 0.5) is 5.95 Å². The number of aliphatic imine (C=N–C) groups is 1. The number of rotatable bonds is 9. The lowest BCUT2D eigenvalue weighted by Gasteiger charge is -2.26. The quantitative estimate of drug-likeness (QED) is 0.463. The van der Waals surface area contributed by atoms with Crippen molar-refractivity contribution in [3.8, 4) is 11.4 Å². The van der Waals surface area contributed by atoms with Gasteiger partial charge in [-0.1, -0.05) is 37.3 Å². The lowest BCUT2D eigenvalue weighted by Crippen LogP contribution is -2.32. The highest BCUT2D eigenvalue weighted by Gasteiger charge is 2.34. The van der Waals surface area contributed by atoms with Gasteiger partial charge in [-0.2, -0.15) is 0 Å². The van der Waals surface area contributed by atoms with Crippen molar-refractivity contribution >= 4 is 27.9 Å². The zero-order chi connectivity index (χ0) is 25.9. The Morgan fingerprint density at radius 3 is 2.47 bits per heavy atom. The molecule has 3 atom stereocenters. The van der Waals surface area contributed by atoms with Crippen LogP contribution < -0.4 is 4.72 Å². The summed E-state index contributed by atoms with van der Waals surface area (Å²) in [4.78, 5) is 12.9. The lowest BCUT2D eigenvalue weighted by atomic mass is 10.1. The third kappa shape index (κ3) is 5.00. The Morgan fingerprint density at radius 1 is 1.08 bits per heavy atom. The van der Waals surface area contributed by atoms with Gasteiger partial charge in [0.1, 0.15) is 11.8 Å². The van der Waals surface area contributed by atoms with Gasteiger partial charge < -0.3 is 9.47 Å². The van der Waals surface area contributed by atoms with E-state index >= 15 is 0 Å². The number of nitrogens with one attached hydrogen (secondary N) is 1. The summed E-state index contributed by atoms with van der Waals surface area (Å²) in [7, 11) is -0.870. The number of aryl methyl sites for hydroxylation is 1. The molecule has 0 aliphatic carbocycles. The Hall–Kier alpha value is -3.64. The number of sulfonamides is 1. The fraction of sp³-hybridized carbons (Fsp3) is 0.375. The van der Waals surface area contributed by atoms with Gasteiger partial charge >= 0.3 is 0 Å². The van der Waals surface area contributed by atoms with Crippen molar-refractivity contribution in [1.29, 1.82) is 0 Å². The maximum atomic E-state index is 13.5. The fourth-order valence-electron chi connectivity index (χ4n) is 3.87. The van der Waals surface area contributed by atoms with Crippen LogP contribution in [-0.4, -0.2) is 64.9 Å². The fourth-order valence-corrected chi connectivity index (χ4v) is 5.12. The van der Waals surface area contributed by atoms with Gasteiger partial charge in [-0.25, -0.2) is 13.4 Å². The Morgan fingerprint density at radius 2 is 1.83 bits per heavy atom. The smallest absolute Gasteiger partial charge is 0.243 e. The average Bonchev–Trinajstić information content (AvgIpc) is 3.30. The van der Waals surface area contributed by atoms with E-state index in [9.17, 15) is 8.42 Å². The topological polar surface area (TPSA) is 133 Å². The van der Waals surface area contributed by atoms with Crippen molar-refractivity contribution in [3.05, 3.63) is 60.0 Å². The molecule has 190 valence electrons. The van der Waals surface area contributed by atoms with Gasteiger partial charge in [0.05, 0.1) is 23.7 Å². The highest BCUT2D eigenvalue weighted by atomic mass is 32.2. The normalized spacial score (nSPS) is 17.6. The number of hydrogen-bond acceptors (Lipinski definition) is 9. The summed E-state index contributed by atoms with van der Waals surface area (Å²) < 4.78 is 42.5. The molecule has 2 aromatic heterocycles. The number of hydrogen-bond donors (Lipinski definition) is 1. The zero-order valence-corrected chi connectivity index (χ0v) is 21.6. The standard InChI is InChI=1S/C24H29N7O4S/c1-15-13-27-19(14-26-15)16(2)17(3)36(32,33)30-24-29-28-22(18-9-7-6-8-10-18)31(24)21-20(34-4)11-12-25-23(21)35-5/h6-10,12-14,16-17,20H,11H2,1-5H3,(H,29,30)/t16-,17-,20?/m0/s1. The predicted molar refractivity (Wildman–Crippen MR) is 137 cm³/mol. The molecule has 0 radical (unpaired) electrons. The van der Waals surface area contributed by atoms with E-state index in [1.807, 2.05) is 37.3 Å². The summed E-state index contributed by atoms with van der Waals surface area (Å²) in [5.41, 5.74) is 2.56. The van der Waals surface area contributed by atoms with Crippen LogP contribution >= 0.6 is 0 Å². The minimum Gasteiger partial charge on any atom is -0.480 e. The molecule has 3 aromatic rings. The molecule has 1 unspecified atom stereocenters. The summed E-state index contributed by atoms with van der Waals surface area (Å²) in [6.45, 7) is 5.24. The molecule has 1 aromatic carbocycles. The first-order valence-electron chi connectivity index (χ1n) is 11.4. The van der Waals surface area contributed by atoms with Crippen LogP contribution in [0.3, 0.4) is 0 Å². The number of methoxy groups -OCH3 is 2. The molecular formula is C24H29N7O4S. The predicted octanol–water partition coefficient (Wildman–Crippen LogP) is 3.24. The van der Waals surface area contributed by atoms with Crippen molar-refractivity contribution in [3.63, 3.8) is 0 Å². The van der Waals surface area contributed by atoms with E-state index in [4.69, 9.17) is 9.47 Å². The van der Waals surface area contributed by atoms with Crippen molar-refractivity contribution in [2.45, 2.75) is 44.5 Å². The van der Waals surface area contributed by atoms with Crippen molar-refractivity contribution in [1.82, 2.24) is 24.7 Å². The van der Waals surface area contributed by atoms with Gasteiger partial charge in [0.25, 0.3) is 0 Å². The number of aromatic nitrogens is 5. The van der Waals surface area contributed by atoms with Crippen LogP contribution in [0, 0.1) is 6.92 Å². The molecule has 12 heteroatoms. The second kappa shape index (κ2) is 10.5. The van der Waals surface area contributed by atoms with Gasteiger partial charge in [-0.3, -0.25) is 19.3 Å². The van der Waals surface area contributed by atoms with E-state index < -0.39 is 27.3 Å². The Balaban J connectivity index is 1.79. The summed E-state index contributed by atoms with van der Waals surface area (Å²) >= 11 is 0. The molecule has 0 amide bonds. The van der Waals surface area contributed by atoms with Crippen LogP contribution in [0.15, 0.2) is 53.6 Å². The molecule has 1 N–H and O–H groups in total. The second-order valence-corrected chi connectivity index (χ2v) is 10.5. The van der Waals surface area contributed by atoms with E-state index in [0.29, 0.717) is 23.6 Å². The Kier molecular flexibility index (Phi) is 7.45. The third-order valence-corrected chi connectivity index (χ3v) is 8.01. The Bertz CT molecular complexity index is 1370. The molecule has 1 aliphatic rings. The van der Waals surface area contributed by atoms with E-state index in [0.717, 1.165) is 11.3 Å². The van der Waals surface area contributed by atoms with Crippen LogP contribution in [0.25, 0.3) is 17.1 Å². The molecule has 1 aliphatic heterocycles. The molecule has 0 saturated heterocycles. The number of nitrogens with zero attached hydrogens (tertiary/aromatic N) is 6. The van der Waals surface area contributed by atoms with Gasteiger partial charge in [0, 0.05) is 43.6 Å². The summed E-state index contributed by atoms with van der Waals surface area (Å²) in [6, 6.07) is 9.33. The molecule has 0 fully saturated rings. The second-order valence-electron chi connectivity index (χ2n) is 8.44. The van der Waals surface area contributed by atoms with Crippen molar-refractivity contribution in [2.24, 2.45) is 4.99 Å². The number of benzene rings is 1. The van der Waals surface area contributed by atoms with Gasteiger partial charge in [-0.05, 0) is 13.8 Å². The summed E-state index contributed by atoms with van der Waals surface area (Å²) in [6.07, 6.45) is 4.92. The van der Waals surface area contributed by atoms with E-state index in [-0.39, 0.29) is 11.8 Å². The van der Waals surface area contributed by atoms with E-state index in [2.05, 4.69) is 29.9 Å². The molecule has 4 rings (SSSR count). The highest BCUT2D eigenvalue weighted by Crippen LogP contribution is 2.33. The minimum absolute atomic E-state index is 0.00610. The highest BCUT2D eigenvalue weighted by molar-refractivity contribution is 7.93. The maximum absolute atomic E-state index is 13.5. The summed E-state index contributed by atoms with van der Waals surface area (Å²) in [5, 5.41) is 7.69. The molecule has 0 saturated carbocycles. The van der Waals surface area contributed by atoms with E-state index in [1.165, 1.54) is 7.11 Å². The molecule has 3 heterocycles. The molecule has 0 bridgehead atoms. The van der Waals surface area contributed by atoms with Crippen LogP contribution in [-0.2, 0) is 19.5 Å². The van der Waals surface area contributed by atoms with Gasteiger partial charge in [0.2, 0.25) is 21.9 Å². The first kappa shape index (κ1) is 25.5. The minimum atomic E-state index is -3.93. The first-order chi connectivity index (χ1) is 17.3. The molecule has 36 heavy (non-hydrogen) atoms. The van der Waals surface area contributed by atoms with E-state index in [1.54, 1.807) is 44.1 Å². The lowest BCUT2D eigenvalue weighted by molar-refractivity contribution is 0.143. The van der Waals surface area contributed by atoms with Gasteiger partial charge in [-0.15, -0.1) is 10.2 Å². The summed E-state index contributed by atoms with van der Waals surface area (Å²) in [5.74, 6) is 0.274. The molecule has 0 spiro atoms. The van der Waals surface area contributed by atoms with Crippen molar-refractivity contribution in [2.75, 3.05) is 18.9 Å². The third-order valence-electron chi connectivity index (χ3n) is 6.16. The monoisotopic (exact) mass is 511 g/mol. The average molecular weight is 512 g/mol. The SMILES string of the molecule is COC1=C(n2c(NS(=O)(=O)[C@@H](C)[C@H](C)c3cnc(C)cn3)nnc2-c2ccccc2)C(OC)CC=N1. The van der Waals surface area contributed by atoms with Crippen LogP contribution in [0.1, 0.15) is 37.6 Å². The van der Waals surface area contributed by atoms with Crippen LogP contribution in [0.2, 0.25) is 0 Å². The van der Waals surface area contributed by atoms with Crippen LogP contribution in [0.5, 0.6) is 0 Å².